The molecule has 26 heavy (non-hydrogen) atoms. The second-order valence-corrected chi connectivity index (χ2v) is 7.57. The Balaban J connectivity index is 1.69. The first-order valence-corrected chi connectivity index (χ1v) is 9.76. The predicted octanol–water partition coefficient (Wildman–Crippen LogP) is 4.80. The second kappa shape index (κ2) is 7.00. The van der Waals surface area contributed by atoms with Crippen molar-refractivity contribution in [3.05, 3.63) is 69.9 Å². The topological polar surface area (TPSA) is 46.1 Å². The van der Waals surface area contributed by atoms with Gasteiger partial charge in [0, 0.05) is 12.2 Å². The van der Waals surface area contributed by atoms with E-state index in [0.717, 1.165) is 46.9 Å². The van der Waals surface area contributed by atoms with Crippen LogP contribution in [0.15, 0.2) is 48.0 Å². The van der Waals surface area contributed by atoms with Gasteiger partial charge < -0.3 is 4.90 Å². The van der Waals surface area contributed by atoms with Gasteiger partial charge in [0.1, 0.15) is 4.88 Å². The first-order valence-electron chi connectivity index (χ1n) is 8.88. The fourth-order valence-corrected chi connectivity index (χ4v) is 4.37. The van der Waals surface area contributed by atoms with E-state index in [-0.39, 0.29) is 11.9 Å². The molecule has 2 aromatic heterocycles. The third-order valence-corrected chi connectivity index (χ3v) is 5.79. The molecule has 5 heteroatoms. The molecule has 3 heterocycles. The minimum Gasteiger partial charge on any atom is -0.329 e. The third kappa shape index (κ3) is 3.15. The number of amides is 1. The Bertz CT molecular complexity index is 935. The number of benzene rings is 1. The standard InChI is InChI=1S/C21H21N3OS/c1-14-11-17(16-7-4-3-5-8-16)12-18(23-14)19-9-6-10-24(19)21(25)20-15(2)22-13-26-20/h3-5,7-8,11-13,19H,6,9-10H2,1-2H3/t19-/m0/s1. The minimum atomic E-state index is 0.0337. The number of rotatable bonds is 3. The zero-order valence-corrected chi connectivity index (χ0v) is 15.8. The molecular formula is C21H21N3OS. The molecule has 3 aromatic rings. The molecule has 0 N–H and O–H groups in total. The lowest BCUT2D eigenvalue weighted by atomic mass is 10.0. The average Bonchev–Trinajstić information content (AvgIpc) is 3.30. The summed E-state index contributed by atoms with van der Waals surface area (Å²) in [4.78, 5) is 24.7. The highest BCUT2D eigenvalue weighted by atomic mass is 32.1. The van der Waals surface area contributed by atoms with Crippen LogP contribution in [0.3, 0.4) is 0 Å². The van der Waals surface area contributed by atoms with Crippen molar-refractivity contribution in [3.63, 3.8) is 0 Å². The number of aromatic nitrogens is 2. The third-order valence-electron chi connectivity index (χ3n) is 4.88. The van der Waals surface area contributed by atoms with E-state index in [0.29, 0.717) is 0 Å². The summed E-state index contributed by atoms with van der Waals surface area (Å²) in [7, 11) is 0. The number of thiazole rings is 1. The smallest absolute Gasteiger partial charge is 0.266 e. The molecular weight excluding hydrogens is 342 g/mol. The van der Waals surface area contributed by atoms with Gasteiger partial charge in [0.2, 0.25) is 0 Å². The zero-order chi connectivity index (χ0) is 18.1. The summed E-state index contributed by atoms with van der Waals surface area (Å²) in [5.41, 5.74) is 6.85. The number of carbonyl (C=O) groups excluding carboxylic acids is 1. The highest BCUT2D eigenvalue weighted by Gasteiger charge is 2.33. The van der Waals surface area contributed by atoms with Gasteiger partial charge in [-0.05, 0) is 49.9 Å². The number of carbonyl (C=O) groups is 1. The van der Waals surface area contributed by atoms with Crippen molar-refractivity contribution in [2.24, 2.45) is 0 Å². The van der Waals surface area contributed by atoms with Crippen molar-refractivity contribution < 1.29 is 4.79 Å². The summed E-state index contributed by atoms with van der Waals surface area (Å²) in [6, 6.07) is 14.6. The van der Waals surface area contributed by atoms with Crippen LogP contribution in [0.2, 0.25) is 0 Å². The van der Waals surface area contributed by atoms with Gasteiger partial charge >= 0.3 is 0 Å². The van der Waals surface area contributed by atoms with Crippen molar-refractivity contribution in [2.45, 2.75) is 32.7 Å². The molecule has 1 atom stereocenters. The number of nitrogens with zero attached hydrogens (tertiary/aromatic N) is 3. The normalized spacial score (nSPS) is 16.8. The summed E-state index contributed by atoms with van der Waals surface area (Å²) in [6.45, 7) is 4.69. The lowest BCUT2D eigenvalue weighted by molar-refractivity contribution is 0.0737. The summed E-state index contributed by atoms with van der Waals surface area (Å²) in [6.07, 6.45) is 1.96. The van der Waals surface area contributed by atoms with Gasteiger partial charge in [0.15, 0.2) is 0 Å². The number of hydrogen-bond donors (Lipinski definition) is 0. The van der Waals surface area contributed by atoms with Gasteiger partial charge in [-0.1, -0.05) is 30.3 Å². The van der Waals surface area contributed by atoms with E-state index in [9.17, 15) is 4.79 Å². The summed E-state index contributed by atoms with van der Waals surface area (Å²) in [5, 5.41) is 0. The molecule has 0 unspecified atom stereocenters. The van der Waals surface area contributed by atoms with Crippen LogP contribution in [0.25, 0.3) is 11.1 Å². The van der Waals surface area contributed by atoms with Crippen LogP contribution < -0.4 is 0 Å². The molecule has 132 valence electrons. The zero-order valence-electron chi connectivity index (χ0n) is 15.0. The van der Waals surface area contributed by atoms with Gasteiger partial charge in [-0.15, -0.1) is 11.3 Å². The van der Waals surface area contributed by atoms with Gasteiger partial charge in [-0.2, -0.15) is 0 Å². The predicted molar refractivity (Wildman–Crippen MR) is 104 cm³/mol. The maximum absolute atomic E-state index is 13.0. The highest BCUT2D eigenvalue weighted by molar-refractivity contribution is 7.11. The van der Waals surface area contributed by atoms with Gasteiger partial charge in [-0.25, -0.2) is 4.98 Å². The Morgan fingerprint density at radius 3 is 2.69 bits per heavy atom. The van der Waals surface area contributed by atoms with Crippen LogP contribution >= 0.6 is 11.3 Å². The monoisotopic (exact) mass is 363 g/mol. The molecule has 1 aliphatic rings. The van der Waals surface area contributed by atoms with E-state index in [2.05, 4.69) is 29.2 Å². The van der Waals surface area contributed by atoms with Crippen molar-refractivity contribution in [3.8, 4) is 11.1 Å². The van der Waals surface area contributed by atoms with Crippen molar-refractivity contribution in [2.75, 3.05) is 6.54 Å². The van der Waals surface area contributed by atoms with Crippen molar-refractivity contribution >= 4 is 17.2 Å². The molecule has 1 aromatic carbocycles. The number of likely N-dealkylation sites (tertiary alicyclic amines) is 1. The molecule has 0 bridgehead atoms. The van der Waals surface area contributed by atoms with E-state index >= 15 is 0 Å². The van der Waals surface area contributed by atoms with Crippen molar-refractivity contribution in [1.29, 1.82) is 0 Å². The molecule has 4 rings (SSSR count). The first kappa shape index (κ1) is 16.9. The Hall–Kier alpha value is -2.53. The van der Waals surface area contributed by atoms with Crippen LogP contribution in [0, 0.1) is 13.8 Å². The second-order valence-electron chi connectivity index (χ2n) is 6.71. The molecule has 1 amide bonds. The van der Waals surface area contributed by atoms with Crippen LogP contribution in [0.5, 0.6) is 0 Å². The van der Waals surface area contributed by atoms with Crippen LogP contribution in [-0.2, 0) is 0 Å². The van der Waals surface area contributed by atoms with E-state index in [1.54, 1.807) is 5.51 Å². The van der Waals surface area contributed by atoms with Crippen LogP contribution in [0.4, 0.5) is 0 Å². The van der Waals surface area contributed by atoms with E-state index in [4.69, 9.17) is 4.98 Å². The summed E-state index contributed by atoms with van der Waals surface area (Å²) >= 11 is 1.42. The number of aryl methyl sites for hydroxylation is 2. The maximum Gasteiger partial charge on any atom is 0.266 e. The highest BCUT2D eigenvalue weighted by Crippen LogP contribution is 2.35. The van der Waals surface area contributed by atoms with E-state index in [1.165, 1.54) is 16.9 Å². The minimum absolute atomic E-state index is 0.0337. The number of hydrogen-bond acceptors (Lipinski definition) is 4. The SMILES string of the molecule is Cc1cc(-c2ccccc2)cc([C@@H]2CCCN2C(=O)c2scnc2C)n1. The molecule has 0 saturated carbocycles. The first-order chi connectivity index (χ1) is 12.6. The Morgan fingerprint density at radius 1 is 1.15 bits per heavy atom. The Labute approximate surface area is 157 Å². The molecule has 0 radical (unpaired) electrons. The molecule has 1 fully saturated rings. The van der Waals surface area contributed by atoms with Crippen molar-refractivity contribution in [1.82, 2.24) is 14.9 Å². The van der Waals surface area contributed by atoms with E-state index < -0.39 is 0 Å². The largest absolute Gasteiger partial charge is 0.329 e. The van der Waals surface area contributed by atoms with Gasteiger partial charge in [0.25, 0.3) is 5.91 Å². The van der Waals surface area contributed by atoms with E-state index in [1.807, 2.05) is 36.9 Å². The van der Waals surface area contributed by atoms with Crippen LogP contribution in [0.1, 0.15) is 45.6 Å². The summed E-state index contributed by atoms with van der Waals surface area (Å²) < 4.78 is 0. The van der Waals surface area contributed by atoms with Crippen LogP contribution in [-0.4, -0.2) is 27.3 Å². The Kier molecular flexibility index (Phi) is 4.55. The molecule has 1 saturated heterocycles. The summed E-state index contributed by atoms with van der Waals surface area (Å²) in [5.74, 6) is 0.0806. The van der Waals surface area contributed by atoms with Gasteiger partial charge in [-0.3, -0.25) is 9.78 Å². The number of pyridine rings is 1. The molecule has 0 aliphatic carbocycles. The lowest BCUT2D eigenvalue weighted by Crippen LogP contribution is -2.31. The average molecular weight is 363 g/mol. The molecule has 4 nitrogen and oxygen atoms in total. The lowest BCUT2D eigenvalue weighted by Gasteiger charge is -2.24. The fourth-order valence-electron chi connectivity index (χ4n) is 3.62. The maximum atomic E-state index is 13.0. The Morgan fingerprint density at radius 2 is 1.96 bits per heavy atom. The molecule has 1 aliphatic heterocycles. The fraction of sp³-hybridized carbons (Fsp3) is 0.286. The quantitative estimate of drug-likeness (QED) is 0.671. The van der Waals surface area contributed by atoms with Gasteiger partial charge in [0.05, 0.1) is 22.9 Å². The molecule has 0 spiro atoms.